The maximum Gasteiger partial charge on any atom is 0.336 e. The fourth-order valence-electron chi connectivity index (χ4n) is 3.82. The number of allylic oxidation sites excluding steroid dienone is 2. The standard InChI is InChI=1S/C25H27NO5/c1-16-21(24(27)29-4)23(22(25(28)30-5)17(2)26(16)3)19-13-9-10-14-20(19)31-15-18-11-7-6-8-12-18/h6-14,23H,15H2,1-5H3. The van der Waals surface area contributed by atoms with Crippen molar-refractivity contribution in [3.63, 3.8) is 0 Å². The molecule has 0 N–H and O–H groups in total. The molecule has 0 aromatic heterocycles. The number of nitrogens with zero attached hydrogens (tertiary/aromatic N) is 1. The summed E-state index contributed by atoms with van der Waals surface area (Å²) >= 11 is 0. The van der Waals surface area contributed by atoms with Gasteiger partial charge in [0.05, 0.1) is 31.3 Å². The largest absolute Gasteiger partial charge is 0.489 e. The van der Waals surface area contributed by atoms with Gasteiger partial charge in [-0.15, -0.1) is 0 Å². The van der Waals surface area contributed by atoms with Gasteiger partial charge >= 0.3 is 11.9 Å². The molecule has 0 saturated heterocycles. The predicted molar refractivity (Wildman–Crippen MR) is 117 cm³/mol. The number of carbonyl (C=O) groups excluding carboxylic acids is 2. The molecule has 0 fully saturated rings. The van der Waals surface area contributed by atoms with Gasteiger partial charge in [0, 0.05) is 24.0 Å². The van der Waals surface area contributed by atoms with Gasteiger partial charge in [0.2, 0.25) is 0 Å². The smallest absolute Gasteiger partial charge is 0.336 e. The van der Waals surface area contributed by atoms with Crippen LogP contribution in [0.15, 0.2) is 77.1 Å². The minimum atomic E-state index is -0.678. The third-order valence-electron chi connectivity index (χ3n) is 5.64. The van der Waals surface area contributed by atoms with E-state index >= 15 is 0 Å². The van der Waals surface area contributed by atoms with E-state index in [2.05, 4.69) is 0 Å². The lowest BCUT2D eigenvalue weighted by Crippen LogP contribution is -2.33. The van der Waals surface area contributed by atoms with E-state index in [9.17, 15) is 9.59 Å². The maximum atomic E-state index is 12.8. The summed E-state index contributed by atoms with van der Waals surface area (Å²) < 4.78 is 16.3. The van der Waals surface area contributed by atoms with Crippen molar-refractivity contribution in [1.82, 2.24) is 4.90 Å². The Morgan fingerprint density at radius 1 is 0.839 bits per heavy atom. The number of benzene rings is 2. The molecule has 1 aliphatic rings. The molecule has 0 unspecified atom stereocenters. The van der Waals surface area contributed by atoms with Crippen LogP contribution in [0.25, 0.3) is 0 Å². The van der Waals surface area contributed by atoms with Gasteiger partial charge in [0.25, 0.3) is 0 Å². The van der Waals surface area contributed by atoms with E-state index in [0.717, 1.165) is 5.56 Å². The van der Waals surface area contributed by atoms with Gasteiger partial charge in [0.15, 0.2) is 0 Å². The molecule has 0 aliphatic carbocycles. The van der Waals surface area contributed by atoms with Gasteiger partial charge in [-0.25, -0.2) is 9.59 Å². The van der Waals surface area contributed by atoms with Crippen LogP contribution in [-0.4, -0.2) is 38.1 Å². The zero-order chi connectivity index (χ0) is 22.5. The highest BCUT2D eigenvalue weighted by atomic mass is 16.5. The normalized spacial score (nSPS) is 14.5. The quantitative estimate of drug-likeness (QED) is 0.652. The molecule has 0 amide bonds. The van der Waals surface area contributed by atoms with Crippen molar-refractivity contribution < 1.29 is 23.8 Å². The zero-order valence-electron chi connectivity index (χ0n) is 18.5. The van der Waals surface area contributed by atoms with Crippen LogP contribution in [0.2, 0.25) is 0 Å². The second-order valence-corrected chi connectivity index (χ2v) is 7.29. The van der Waals surface area contributed by atoms with Gasteiger partial charge < -0.3 is 19.1 Å². The molecule has 1 heterocycles. The Hall–Kier alpha value is -3.54. The Morgan fingerprint density at radius 3 is 1.90 bits per heavy atom. The van der Waals surface area contributed by atoms with Crippen molar-refractivity contribution in [2.45, 2.75) is 26.4 Å². The Kier molecular flexibility index (Phi) is 6.80. The number of hydrogen-bond acceptors (Lipinski definition) is 6. The number of methoxy groups -OCH3 is 2. The van der Waals surface area contributed by atoms with Crippen molar-refractivity contribution in [2.24, 2.45) is 0 Å². The molecule has 0 saturated carbocycles. The molecule has 1 aliphatic heterocycles. The second-order valence-electron chi connectivity index (χ2n) is 7.29. The molecule has 31 heavy (non-hydrogen) atoms. The number of esters is 2. The van der Waals surface area contributed by atoms with Gasteiger partial charge in [-0.3, -0.25) is 0 Å². The number of para-hydroxylation sites is 1. The van der Waals surface area contributed by atoms with Gasteiger partial charge in [0.1, 0.15) is 12.4 Å². The van der Waals surface area contributed by atoms with Crippen molar-refractivity contribution >= 4 is 11.9 Å². The van der Waals surface area contributed by atoms with Gasteiger partial charge in [-0.1, -0.05) is 48.5 Å². The molecular weight excluding hydrogens is 394 g/mol. The average Bonchev–Trinajstić information content (AvgIpc) is 2.81. The molecule has 0 atom stereocenters. The summed E-state index contributed by atoms with van der Waals surface area (Å²) in [7, 11) is 4.48. The fraction of sp³-hybridized carbons (Fsp3) is 0.280. The summed E-state index contributed by atoms with van der Waals surface area (Å²) in [6, 6.07) is 17.2. The van der Waals surface area contributed by atoms with Crippen molar-refractivity contribution in [2.75, 3.05) is 21.3 Å². The first-order chi connectivity index (χ1) is 14.9. The topological polar surface area (TPSA) is 65.1 Å². The minimum Gasteiger partial charge on any atom is -0.489 e. The van der Waals surface area contributed by atoms with E-state index in [4.69, 9.17) is 14.2 Å². The lowest BCUT2D eigenvalue weighted by molar-refractivity contribution is -0.137. The number of carbonyl (C=O) groups is 2. The van der Waals surface area contributed by atoms with Crippen LogP contribution < -0.4 is 4.74 Å². The zero-order valence-corrected chi connectivity index (χ0v) is 18.5. The van der Waals surface area contributed by atoms with Crippen LogP contribution in [0.3, 0.4) is 0 Å². The SMILES string of the molecule is COC(=O)C1=C(C)N(C)C(C)=C(C(=O)OC)C1c1ccccc1OCc1ccccc1. The highest BCUT2D eigenvalue weighted by Gasteiger charge is 2.40. The molecule has 2 aromatic rings. The molecule has 0 bridgehead atoms. The molecule has 2 aromatic carbocycles. The van der Waals surface area contributed by atoms with Gasteiger partial charge in [-0.2, -0.15) is 0 Å². The number of ether oxygens (including phenoxy) is 3. The lowest BCUT2D eigenvalue weighted by atomic mass is 9.79. The maximum absolute atomic E-state index is 12.8. The van der Waals surface area contributed by atoms with E-state index in [-0.39, 0.29) is 0 Å². The Bertz CT molecular complexity index is 999. The third-order valence-corrected chi connectivity index (χ3v) is 5.64. The Morgan fingerprint density at radius 2 is 1.35 bits per heavy atom. The summed E-state index contributed by atoms with van der Waals surface area (Å²) in [5.74, 6) is -1.09. The van der Waals surface area contributed by atoms with E-state index in [1.165, 1.54) is 14.2 Å². The molecule has 0 radical (unpaired) electrons. The summed E-state index contributed by atoms with van der Waals surface area (Å²) in [6.07, 6.45) is 0. The first-order valence-corrected chi connectivity index (χ1v) is 9.98. The van der Waals surface area contributed by atoms with E-state index in [1.807, 2.05) is 80.4 Å². The molecule has 0 spiro atoms. The van der Waals surface area contributed by atoms with E-state index < -0.39 is 17.9 Å². The number of hydrogen-bond donors (Lipinski definition) is 0. The minimum absolute atomic E-state index is 0.358. The highest BCUT2D eigenvalue weighted by molar-refractivity contribution is 6.00. The van der Waals surface area contributed by atoms with Crippen molar-refractivity contribution in [3.8, 4) is 5.75 Å². The summed E-state index contributed by atoms with van der Waals surface area (Å²) in [5.41, 5.74) is 3.89. The van der Waals surface area contributed by atoms with E-state index in [0.29, 0.717) is 40.5 Å². The third kappa shape index (κ3) is 4.33. The van der Waals surface area contributed by atoms with Crippen LogP contribution in [-0.2, 0) is 25.7 Å². The Balaban J connectivity index is 2.14. The monoisotopic (exact) mass is 421 g/mol. The molecule has 162 valence electrons. The van der Waals surface area contributed by atoms with Crippen molar-refractivity contribution in [3.05, 3.63) is 88.3 Å². The van der Waals surface area contributed by atoms with Crippen molar-refractivity contribution in [1.29, 1.82) is 0 Å². The Labute approximate surface area is 182 Å². The molecular formula is C25H27NO5. The summed E-state index contributed by atoms with van der Waals surface area (Å²) in [5, 5.41) is 0. The van der Waals surface area contributed by atoms with Crippen LogP contribution >= 0.6 is 0 Å². The van der Waals surface area contributed by atoms with E-state index in [1.54, 1.807) is 0 Å². The second kappa shape index (κ2) is 9.51. The highest BCUT2D eigenvalue weighted by Crippen LogP contribution is 2.45. The van der Waals surface area contributed by atoms with Crippen LogP contribution in [0.4, 0.5) is 0 Å². The first kappa shape index (κ1) is 22.2. The predicted octanol–water partition coefficient (Wildman–Crippen LogP) is 4.19. The first-order valence-electron chi connectivity index (χ1n) is 9.98. The lowest BCUT2D eigenvalue weighted by Gasteiger charge is -2.36. The average molecular weight is 421 g/mol. The number of rotatable bonds is 6. The van der Waals surface area contributed by atoms with Crippen LogP contribution in [0, 0.1) is 0 Å². The summed E-state index contributed by atoms with van der Waals surface area (Å²) in [6.45, 7) is 4.03. The molecule has 6 heteroatoms. The molecule has 3 rings (SSSR count). The van der Waals surface area contributed by atoms with Crippen LogP contribution in [0.1, 0.15) is 30.9 Å². The summed E-state index contributed by atoms with van der Waals surface area (Å²) in [4.78, 5) is 27.5. The molecule has 6 nitrogen and oxygen atoms in total. The van der Waals surface area contributed by atoms with Crippen LogP contribution in [0.5, 0.6) is 5.75 Å². The fourth-order valence-corrected chi connectivity index (χ4v) is 3.82. The van der Waals surface area contributed by atoms with Gasteiger partial charge in [-0.05, 0) is 25.5 Å².